The number of ether oxygens (including phenoxy) is 1. The molecule has 0 unspecified atom stereocenters. The Kier molecular flexibility index (Phi) is 4.98. The van der Waals surface area contributed by atoms with E-state index in [1.807, 2.05) is 6.07 Å². The number of morpholine rings is 1. The number of nitrogens with zero attached hydrogens (tertiary/aromatic N) is 5. The molecule has 0 aliphatic carbocycles. The van der Waals surface area contributed by atoms with Crippen molar-refractivity contribution in [3.05, 3.63) is 60.1 Å². The quantitative estimate of drug-likeness (QED) is 0.745. The Hall–Kier alpha value is -3.33. The molecule has 0 atom stereocenters. The Balaban J connectivity index is 1.46. The summed E-state index contributed by atoms with van der Waals surface area (Å²) in [6, 6.07) is 9.46. The molecule has 28 heavy (non-hydrogen) atoms. The highest BCUT2D eigenvalue weighted by molar-refractivity contribution is 6.01. The molecule has 3 heterocycles. The minimum absolute atomic E-state index is 0.0147. The van der Waals surface area contributed by atoms with Crippen LogP contribution in [0.25, 0.3) is 5.69 Å². The summed E-state index contributed by atoms with van der Waals surface area (Å²) >= 11 is 0. The van der Waals surface area contributed by atoms with E-state index in [1.54, 1.807) is 31.3 Å². The van der Waals surface area contributed by atoms with Gasteiger partial charge in [-0.05, 0) is 43.3 Å². The summed E-state index contributed by atoms with van der Waals surface area (Å²) in [4.78, 5) is 23.1. The second-order valence-electron chi connectivity index (χ2n) is 6.33. The van der Waals surface area contributed by atoms with Crippen molar-refractivity contribution < 1.29 is 13.9 Å². The minimum Gasteiger partial charge on any atom is -0.378 e. The average Bonchev–Trinajstić information content (AvgIpc) is 3.12. The molecule has 1 fully saturated rings. The fraction of sp³-hybridized carbons (Fsp3) is 0.263. The molecule has 1 aliphatic rings. The van der Waals surface area contributed by atoms with Gasteiger partial charge in [-0.25, -0.2) is 19.0 Å². The van der Waals surface area contributed by atoms with Crippen molar-refractivity contribution in [3.8, 4) is 5.69 Å². The van der Waals surface area contributed by atoms with Gasteiger partial charge in [-0.3, -0.25) is 4.79 Å². The second-order valence-corrected chi connectivity index (χ2v) is 6.33. The third kappa shape index (κ3) is 3.84. The highest BCUT2D eigenvalue weighted by Crippen LogP contribution is 2.17. The van der Waals surface area contributed by atoms with Gasteiger partial charge in [-0.2, -0.15) is 0 Å². The third-order valence-corrected chi connectivity index (χ3v) is 4.41. The first-order chi connectivity index (χ1) is 13.6. The van der Waals surface area contributed by atoms with Crippen LogP contribution in [0, 0.1) is 12.7 Å². The van der Waals surface area contributed by atoms with Crippen LogP contribution in [-0.4, -0.2) is 52.0 Å². The number of halogens is 1. The standard InChI is InChI=1S/C19H19FN6O2/c1-13-22-18(24-26(13)15-4-2-14(20)3-5-15)19(27)23-17-7-6-16(12-21-17)25-8-10-28-11-9-25/h2-7,12H,8-11H2,1H3,(H,21,23,27). The maximum absolute atomic E-state index is 13.1. The van der Waals surface area contributed by atoms with E-state index in [2.05, 4.69) is 25.3 Å². The number of anilines is 2. The van der Waals surface area contributed by atoms with Crippen LogP contribution in [0.5, 0.6) is 0 Å². The molecular weight excluding hydrogens is 363 g/mol. The van der Waals surface area contributed by atoms with Gasteiger partial charge in [0.1, 0.15) is 17.5 Å². The molecular formula is C19H19FN6O2. The lowest BCUT2D eigenvalue weighted by molar-refractivity contribution is 0.101. The molecule has 4 rings (SSSR count). The van der Waals surface area contributed by atoms with Crippen molar-refractivity contribution in [1.82, 2.24) is 19.7 Å². The first-order valence-electron chi connectivity index (χ1n) is 8.90. The number of aromatic nitrogens is 4. The van der Waals surface area contributed by atoms with Crippen molar-refractivity contribution in [2.45, 2.75) is 6.92 Å². The highest BCUT2D eigenvalue weighted by atomic mass is 19.1. The average molecular weight is 382 g/mol. The summed E-state index contributed by atoms with van der Waals surface area (Å²) in [5.74, 6) is 0.146. The first-order valence-corrected chi connectivity index (χ1v) is 8.90. The lowest BCUT2D eigenvalue weighted by atomic mass is 10.3. The van der Waals surface area contributed by atoms with Crippen LogP contribution in [0.1, 0.15) is 16.4 Å². The zero-order chi connectivity index (χ0) is 19.5. The van der Waals surface area contributed by atoms with Crippen molar-refractivity contribution in [2.24, 2.45) is 0 Å². The number of hydrogen-bond donors (Lipinski definition) is 1. The number of hydrogen-bond acceptors (Lipinski definition) is 6. The number of nitrogens with one attached hydrogen (secondary N) is 1. The molecule has 0 spiro atoms. The molecule has 8 nitrogen and oxygen atoms in total. The zero-order valence-electron chi connectivity index (χ0n) is 15.3. The van der Waals surface area contributed by atoms with Gasteiger partial charge in [0.15, 0.2) is 0 Å². The summed E-state index contributed by atoms with van der Waals surface area (Å²) in [7, 11) is 0. The number of carbonyl (C=O) groups excluding carboxylic acids is 1. The van der Waals surface area contributed by atoms with Crippen LogP contribution in [0.4, 0.5) is 15.9 Å². The Bertz CT molecular complexity index is 965. The fourth-order valence-electron chi connectivity index (χ4n) is 2.95. The van der Waals surface area contributed by atoms with E-state index in [9.17, 15) is 9.18 Å². The first kappa shape index (κ1) is 18.1. The van der Waals surface area contributed by atoms with Gasteiger partial charge < -0.3 is 15.0 Å². The molecule has 9 heteroatoms. The van der Waals surface area contributed by atoms with Gasteiger partial charge in [0.05, 0.1) is 30.8 Å². The maximum atomic E-state index is 13.1. The number of pyridine rings is 1. The smallest absolute Gasteiger partial charge is 0.296 e. The van der Waals surface area contributed by atoms with E-state index in [0.717, 1.165) is 18.8 Å². The van der Waals surface area contributed by atoms with Crippen molar-refractivity contribution in [1.29, 1.82) is 0 Å². The molecule has 1 aliphatic heterocycles. The van der Waals surface area contributed by atoms with Gasteiger partial charge >= 0.3 is 0 Å². The number of rotatable bonds is 4. The van der Waals surface area contributed by atoms with E-state index < -0.39 is 5.91 Å². The molecule has 0 radical (unpaired) electrons. The molecule has 1 N–H and O–H groups in total. The highest BCUT2D eigenvalue weighted by Gasteiger charge is 2.17. The van der Waals surface area contributed by atoms with Gasteiger partial charge in [0.25, 0.3) is 5.91 Å². The molecule has 1 saturated heterocycles. The monoisotopic (exact) mass is 382 g/mol. The number of aryl methyl sites for hydroxylation is 1. The van der Waals surface area contributed by atoms with Gasteiger partial charge in [0, 0.05) is 13.1 Å². The van der Waals surface area contributed by atoms with Crippen LogP contribution in [0.2, 0.25) is 0 Å². The molecule has 1 amide bonds. The van der Waals surface area contributed by atoms with Crippen molar-refractivity contribution in [3.63, 3.8) is 0 Å². The summed E-state index contributed by atoms with van der Waals surface area (Å²) < 4.78 is 19.9. The SMILES string of the molecule is Cc1nc(C(=O)Nc2ccc(N3CCOCC3)cn2)nn1-c1ccc(F)cc1. The molecule has 3 aromatic rings. The van der Waals surface area contributed by atoms with Crippen LogP contribution >= 0.6 is 0 Å². The molecule has 2 aromatic heterocycles. The lowest BCUT2D eigenvalue weighted by Gasteiger charge is -2.28. The van der Waals surface area contributed by atoms with Crippen LogP contribution in [-0.2, 0) is 4.74 Å². The predicted molar refractivity (Wildman–Crippen MR) is 101 cm³/mol. The normalized spacial score (nSPS) is 14.1. The Morgan fingerprint density at radius 2 is 1.82 bits per heavy atom. The Morgan fingerprint density at radius 1 is 1.11 bits per heavy atom. The molecule has 144 valence electrons. The van der Waals surface area contributed by atoms with Crippen LogP contribution in [0.3, 0.4) is 0 Å². The molecule has 0 saturated carbocycles. The van der Waals surface area contributed by atoms with E-state index in [-0.39, 0.29) is 11.6 Å². The van der Waals surface area contributed by atoms with Crippen molar-refractivity contribution in [2.75, 3.05) is 36.5 Å². The van der Waals surface area contributed by atoms with Crippen LogP contribution < -0.4 is 10.2 Å². The fourth-order valence-corrected chi connectivity index (χ4v) is 2.95. The molecule has 0 bridgehead atoms. The summed E-state index contributed by atoms with van der Waals surface area (Å²) in [6.07, 6.45) is 1.72. The minimum atomic E-state index is -0.462. The third-order valence-electron chi connectivity index (χ3n) is 4.41. The van der Waals surface area contributed by atoms with E-state index >= 15 is 0 Å². The largest absolute Gasteiger partial charge is 0.378 e. The number of amides is 1. The zero-order valence-corrected chi connectivity index (χ0v) is 15.3. The summed E-state index contributed by atoms with van der Waals surface area (Å²) in [5.41, 5.74) is 1.61. The Morgan fingerprint density at radius 3 is 2.50 bits per heavy atom. The van der Waals surface area contributed by atoms with Gasteiger partial charge in [0.2, 0.25) is 5.82 Å². The number of carbonyl (C=O) groups is 1. The second kappa shape index (κ2) is 7.73. The number of benzene rings is 1. The van der Waals surface area contributed by atoms with E-state index in [4.69, 9.17) is 4.74 Å². The van der Waals surface area contributed by atoms with E-state index in [0.29, 0.717) is 30.5 Å². The Labute approximate surface area is 161 Å². The molecule has 1 aromatic carbocycles. The van der Waals surface area contributed by atoms with E-state index in [1.165, 1.54) is 16.8 Å². The van der Waals surface area contributed by atoms with Gasteiger partial charge in [-0.1, -0.05) is 0 Å². The summed E-state index contributed by atoms with van der Waals surface area (Å²) in [5, 5.41) is 6.92. The predicted octanol–water partition coefficient (Wildman–Crippen LogP) is 2.20. The summed E-state index contributed by atoms with van der Waals surface area (Å²) in [6.45, 7) is 4.75. The van der Waals surface area contributed by atoms with Crippen LogP contribution in [0.15, 0.2) is 42.6 Å². The maximum Gasteiger partial charge on any atom is 0.296 e. The van der Waals surface area contributed by atoms with Crippen molar-refractivity contribution >= 4 is 17.4 Å². The lowest BCUT2D eigenvalue weighted by Crippen LogP contribution is -2.36. The topological polar surface area (TPSA) is 85.2 Å². The van der Waals surface area contributed by atoms with Gasteiger partial charge in [-0.15, -0.1) is 5.10 Å².